The molecule has 3 nitrogen and oxygen atoms in total. The van der Waals surface area contributed by atoms with Crippen LogP contribution in [0.4, 0.5) is 5.82 Å². The Bertz CT molecular complexity index is 538. The van der Waals surface area contributed by atoms with Crippen LogP contribution in [0, 0.1) is 6.92 Å². The lowest BCUT2D eigenvalue weighted by molar-refractivity contribution is 0.771. The van der Waals surface area contributed by atoms with E-state index >= 15 is 0 Å². The molecule has 19 heavy (non-hydrogen) atoms. The van der Waals surface area contributed by atoms with Crippen molar-refractivity contribution in [3.63, 3.8) is 0 Å². The van der Waals surface area contributed by atoms with E-state index in [0.29, 0.717) is 5.15 Å². The fraction of sp³-hybridized carbons (Fsp3) is 0.429. The van der Waals surface area contributed by atoms with E-state index in [-0.39, 0.29) is 5.92 Å². The van der Waals surface area contributed by atoms with Gasteiger partial charge in [0.2, 0.25) is 0 Å². The molecular formula is C14H18ClN3S. The zero-order chi connectivity index (χ0) is 13.8. The molecule has 2 rings (SSSR count). The first-order valence-electron chi connectivity index (χ1n) is 6.38. The van der Waals surface area contributed by atoms with E-state index in [2.05, 4.69) is 46.6 Å². The van der Waals surface area contributed by atoms with Gasteiger partial charge in [-0.15, -0.1) is 11.3 Å². The number of rotatable bonds is 5. The predicted octanol–water partition coefficient (Wildman–Crippen LogP) is 4.28. The summed E-state index contributed by atoms with van der Waals surface area (Å²) in [4.78, 5) is 10.2. The monoisotopic (exact) mass is 295 g/mol. The van der Waals surface area contributed by atoms with Crippen LogP contribution in [0.3, 0.4) is 0 Å². The Hall–Kier alpha value is -1.13. The Morgan fingerprint density at radius 3 is 2.79 bits per heavy atom. The highest BCUT2D eigenvalue weighted by molar-refractivity contribution is 7.09. The normalized spacial score (nSPS) is 11.0. The summed E-state index contributed by atoms with van der Waals surface area (Å²) in [6, 6.07) is 4.22. The molecule has 0 aromatic carbocycles. The fourth-order valence-corrected chi connectivity index (χ4v) is 2.58. The van der Waals surface area contributed by atoms with E-state index in [1.165, 1.54) is 4.88 Å². The van der Waals surface area contributed by atoms with Gasteiger partial charge in [0.1, 0.15) is 16.8 Å². The number of hydrogen-bond donors (Lipinski definition) is 1. The molecular weight excluding hydrogens is 278 g/mol. The van der Waals surface area contributed by atoms with Crippen LogP contribution in [0.25, 0.3) is 0 Å². The Kier molecular flexibility index (Phi) is 4.77. The first kappa shape index (κ1) is 14.3. The SMILES string of the molecule is Cc1c(Cl)nc(C(C)C)nc1NCCc1cccs1. The third-order valence-corrected chi connectivity index (χ3v) is 4.17. The van der Waals surface area contributed by atoms with E-state index in [4.69, 9.17) is 11.6 Å². The lowest BCUT2D eigenvalue weighted by atomic mass is 10.2. The standard InChI is InChI=1S/C14H18ClN3S/c1-9(2)13-17-12(15)10(3)14(18-13)16-7-6-11-5-4-8-19-11/h4-5,8-9H,6-7H2,1-3H3,(H,16,17,18). The molecule has 0 radical (unpaired) electrons. The summed E-state index contributed by atoms with van der Waals surface area (Å²) in [6.45, 7) is 6.93. The number of aromatic nitrogens is 2. The molecule has 5 heteroatoms. The van der Waals surface area contributed by atoms with Crippen molar-refractivity contribution in [2.24, 2.45) is 0 Å². The smallest absolute Gasteiger partial charge is 0.137 e. The number of anilines is 1. The third-order valence-electron chi connectivity index (χ3n) is 2.86. The lowest BCUT2D eigenvalue weighted by Gasteiger charge is -2.12. The summed E-state index contributed by atoms with van der Waals surface area (Å²) in [7, 11) is 0. The van der Waals surface area contributed by atoms with E-state index < -0.39 is 0 Å². The molecule has 0 aliphatic rings. The zero-order valence-corrected chi connectivity index (χ0v) is 13.0. The summed E-state index contributed by atoms with van der Waals surface area (Å²) in [6.07, 6.45) is 0.996. The third kappa shape index (κ3) is 3.67. The number of halogens is 1. The highest BCUT2D eigenvalue weighted by Crippen LogP contribution is 2.23. The molecule has 0 fully saturated rings. The molecule has 0 spiro atoms. The van der Waals surface area contributed by atoms with Crippen molar-refractivity contribution in [2.45, 2.75) is 33.1 Å². The highest BCUT2D eigenvalue weighted by atomic mass is 35.5. The lowest BCUT2D eigenvalue weighted by Crippen LogP contribution is -2.10. The van der Waals surface area contributed by atoms with Gasteiger partial charge < -0.3 is 5.32 Å². The van der Waals surface area contributed by atoms with Crippen molar-refractivity contribution in [3.8, 4) is 0 Å². The second kappa shape index (κ2) is 6.35. The van der Waals surface area contributed by atoms with Gasteiger partial charge in [-0.25, -0.2) is 9.97 Å². The molecule has 0 aliphatic carbocycles. The molecule has 102 valence electrons. The molecule has 0 bridgehead atoms. The van der Waals surface area contributed by atoms with Crippen molar-refractivity contribution >= 4 is 28.8 Å². The van der Waals surface area contributed by atoms with Crippen molar-refractivity contribution in [1.82, 2.24) is 9.97 Å². The molecule has 0 atom stereocenters. The highest BCUT2D eigenvalue weighted by Gasteiger charge is 2.11. The molecule has 0 unspecified atom stereocenters. The van der Waals surface area contributed by atoms with Gasteiger partial charge in [0.25, 0.3) is 0 Å². The Morgan fingerprint density at radius 2 is 2.16 bits per heavy atom. The molecule has 0 amide bonds. The minimum absolute atomic E-state index is 0.274. The van der Waals surface area contributed by atoms with Gasteiger partial charge in [0, 0.05) is 22.9 Å². The first-order chi connectivity index (χ1) is 9.08. The molecule has 2 aromatic rings. The van der Waals surface area contributed by atoms with Crippen LogP contribution >= 0.6 is 22.9 Å². The summed E-state index contributed by atoms with van der Waals surface area (Å²) in [5, 5.41) is 5.99. The van der Waals surface area contributed by atoms with Gasteiger partial charge >= 0.3 is 0 Å². The number of thiophene rings is 1. The Morgan fingerprint density at radius 1 is 1.37 bits per heavy atom. The molecule has 2 aromatic heterocycles. The molecule has 2 heterocycles. The second-order valence-corrected chi connectivity index (χ2v) is 6.15. The topological polar surface area (TPSA) is 37.8 Å². The molecule has 0 saturated heterocycles. The minimum atomic E-state index is 0.274. The van der Waals surface area contributed by atoms with Crippen LogP contribution in [0.1, 0.15) is 36.0 Å². The van der Waals surface area contributed by atoms with Crippen LogP contribution in [0.15, 0.2) is 17.5 Å². The van der Waals surface area contributed by atoms with Crippen molar-refractivity contribution < 1.29 is 0 Å². The Balaban J connectivity index is 2.06. The largest absolute Gasteiger partial charge is 0.369 e. The summed E-state index contributed by atoms with van der Waals surface area (Å²) in [5.41, 5.74) is 0.914. The molecule has 0 aliphatic heterocycles. The summed E-state index contributed by atoms with van der Waals surface area (Å²) < 4.78 is 0. The molecule has 0 saturated carbocycles. The van der Waals surface area contributed by atoms with Gasteiger partial charge in [0.05, 0.1) is 0 Å². The zero-order valence-electron chi connectivity index (χ0n) is 11.4. The van der Waals surface area contributed by atoms with Gasteiger partial charge in [-0.3, -0.25) is 0 Å². The van der Waals surface area contributed by atoms with Gasteiger partial charge in [-0.2, -0.15) is 0 Å². The maximum Gasteiger partial charge on any atom is 0.137 e. The quantitative estimate of drug-likeness (QED) is 0.837. The van der Waals surface area contributed by atoms with Gasteiger partial charge in [-0.1, -0.05) is 31.5 Å². The van der Waals surface area contributed by atoms with Crippen LogP contribution in [0.5, 0.6) is 0 Å². The second-order valence-electron chi connectivity index (χ2n) is 4.76. The van der Waals surface area contributed by atoms with Crippen LogP contribution in [-0.2, 0) is 6.42 Å². The van der Waals surface area contributed by atoms with E-state index in [1.54, 1.807) is 11.3 Å². The number of nitrogens with one attached hydrogen (secondary N) is 1. The maximum absolute atomic E-state index is 6.15. The van der Waals surface area contributed by atoms with E-state index in [9.17, 15) is 0 Å². The summed E-state index contributed by atoms with van der Waals surface area (Å²) >= 11 is 7.93. The van der Waals surface area contributed by atoms with E-state index in [1.807, 2.05) is 6.92 Å². The van der Waals surface area contributed by atoms with Gasteiger partial charge in [0.15, 0.2) is 0 Å². The Labute approximate surface area is 123 Å². The minimum Gasteiger partial charge on any atom is -0.369 e. The van der Waals surface area contributed by atoms with Gasteiger partial charge in [-0.05, 0) is 24.8 Å². The fourth-order valence-electron chi connectivity index (χ4n) is 1.69. The van der Waals surface area contributed by atoms with Crippen molar-refractivity contribution in [3.05, 3.63) is 38.9 Å². The van der Waals surface area contributed by atoms with Crippen LogP contribution in [-0.4, -0.2) is 16.5 Å². The maximum atomic E-state index is 6.15. The van der Waals surface area contributed by atoms with E-state index in [0.717, 1.165) is 30.2 Å². The average Bonchev–Trinajstić information content (AvgIpc) is 2.87. The molecule has 1 N–H and O–H groups in total. The number of hydrogen-bond acceptors (Lipinski definition) is 4. The summed E-state index contributed by atoms with van der Waals surface area (Å²) in [5.74, 6) is 1.91. The van der Waals surface area contributed by atoms with Crippen molar-refractivity contribution in [2.75, 3.05) is 11.9 Å². The first-order valence-corrected chi connectivity index (χ1v) is 7.64. The average molecular weight is 296 g/mol. The van der Waals surface area contributed by atoms with Crippen LogP contribution in [0.2, 0.25) is 5.15 Å². The van der Waals surface area contributed by atoms with Crippen LogP contribution < -0.4 is 5.32 Å². The number of nitrogens with zero attached hydrogens (tertiary/aromatic N) is 2. The van der Waals surface area contributed by atoms with Crippen molar-refractivity contribution in [1.29, 1.82) is 0 Å². The predicted molar refractivity (Wildman–Crippen MR) is 82.4 cm³/mol.